The van der Waals surface area contributed by atoms with Gasteiger partial charge in [-0.2, -0.15) is 0 Å². The van der Waals surface area contributed by atoms with E-state index >= 15 is 0 Å². The van der Waals surface area contributed by atoms with E-state index in [1.54, 1.807) is 4.68 Å². The van der Waals surface area contributed by atoms with Gasteiger partial charge in [-0.25, -0.2) is 9.48 Å². The lowest BCUT2D eigenvalue weighted by molar-refractivity contribution is -0.120. The minimum Gasteiger partial charge on any atom is -0.465 e. The van der Waals surface area contributed by atoms with E-state index in [4.69, 9.17) is 5.11 Å². The summed E-state index contributed by atoms with van der Waals surface area (Å²) >= 11 is 0. The number of benzene rings is 1. The van der Waals surface area contributed by atoms with Crippen molar-refractivity contribution in [3.63, 3.8) is 0 Å². The van der Waals surface area contributed by atoms with Crippen molar-refractivity contribution in [3.8, 4) is 5.69 Å². The Morgan fingerprint density at radius 2 is 1.95 bits per heavy atom. The number of rotatable bonds is 2. The molecule has 0 radical (unpaired) electrons. The number of piperazine rings is 1. The van der Waals surface area contributed by atoms with Gasteiger partial charge in [0.15, 0.2) is 5.82 Å². The average Bonchev–Trinajstić information content (AvgIpc) is 2.89. The molecule has 1 saturated heterocycles. The summed E-state index contributed by atoms with van der Waals surface area (Å²) in [7, 11) is 0. The molecule has 114 valence electrons. The third-order valence-corrected chi connectivity index (χ3v) is 3.62. The van der Waals surface area contributed by atoms with Gasteiger partial charge in [0.25, 0.3) is 0 Å². The second-order valence-electron chi connectivity index (χ2n) is 5.00. The molecule has 8 nitrogen and oxygen atoms in total. The number of carboxylic acid groups (broad SMARTS) is 1. The third kappa shape index (κ3) is 2.39. The van der Waals surface area contributed by atoms with Crippen LogP contribution in [0, 0.1) is 6.92 Å². The molecule has 0 bridgehead atoms. The lowest BCUT2D eigenvalue weighted by Crippen LogP contribution is -2.52. The minimum absolute atomic E-state index is 0.160. The van der Waals surface area contributed by atoms with Crippen LogP contribution in [0.15, 0.2) is 30.3 Å². The van der Waals surface area contributed by atoms with E-state index < -0.39 is 6.09 Å². The molecule has 8 heteroatoms. The van der Waals surface area contributed by atoms with Crippen molar-refractivity contribution < 1.29 is 14.7 Å². The number of hydrogen-bond donors (Lipinski definition) is 1. The van der Waals surface area contributed by atoms with Crippen LogP contribution in [0.4, 0.5) is 10.6 Å². The smallest absolute Gasteiger partial charge is 0.407 e. The van der Waals surface area contributed by atoms with Crippen molar-refractivity contribution in [1.82, 2.24) is 19.9 Å². The Morgan fingerprint density at radius 1 is 1.23 bits per heavy atom. The summed E-state index contributed by atoms with van der Waals surface area (Å²) in [6, 6.07) is 9.50. The van der Waals surface area contributed by atoms with Crippen molar-refractivity contribution in [2.75, 3.05) is 24.5 Å². The molecule has 1 aromatic carbocycles. The van der Waals surface area contributed by atoms with Crippen LogP contribution in [-0.2, 0) is 4.79 Å². The Kier molecular flexibility index (Phi) is 3.50. The molecule has 1 fully saturated rings. The summed E-state index contributed by atoms with van der Waals surface area (Å²) in [6.07, 6.45) is -1.09. The van der Waals surface area contributed by atoms with Crippen molar-refractivity contribution >= 4 is 17.8 Å². The van der Waals surface area contributed by atoms with E-state index in [2.05, 4.69) is 10.3 Å². The molecule has 2 heterocycles. The normalized spacial score (nSPS) is 15.2. The van der Waals surface area contributed by atoms with Gasteiger partial charge < -0.3 is 5.11 Å². The van der Waals surface area contributed by atoms with Gasteiger partial charge in [0, 0.05) is 13.1 Å². The van der Waals surface area contributed by atoms with Gasteiger partial charge in [-0.15, -0.1) is 5.10 Å². The lowest BCUT2D eigenvalue weighted by atomic mass is 10.3. The predicted molar refractivity (Wildman–Crippen MR) is 78.0 cm³/mol. The molecule has 1 N–H and O–H groups in total. The number of carbonyl (C=O) groups is 2. The highest BCUT2D eigenvalue weighted by molar-refractivity contribution is 5.96. The molecular formula is C14H15N5O3. The van der Waals surface area contributed by atoms with E-state index in [-0.39, 0.29) is 25.5 Å². The Labute approximate surface area is 126 Å². The number of aromatic nitrogens is 3. The molecule has 0 saturated carbocycles. The van der Waals surface area contributed by atoms with E-state index in [1.165, 1.54) is 4.90 Å². The molecule has 2 aromatic rings. The van der Waals surface area contributed by atoms with Crippen LogP contribution in [0.3, 0.4) is 0 Å². The number of nitrogens with zero attached hydrogens (tertiary/aromatic N) is 5. The van der Waals surface area contributed by atoms with Crippen molar-refractivity contribution in [2.24, 2.45) is 0 Å². The first kappa shape index (κ1) is 14.1. The Morgan fingerprint density at radius 3 is 2.59 bits per heavy atom. The first-order chi connectivity index (χ1) is 10.6. The zero-order valence-electron chi connectivity index (χ0n) is 12.0. The summed E-state index contributed by atoms with van der Waals surface area (Å²) in [4.78, 5) is 25.7. The molecule has 0 atom stereocenters. The first-order valence-electron chi connectivity index (χ1n) is 6.84. The van der Waals surface area contributed by atoms with Gasteiger partial charge >= 0.3 is 6.09 Å². The molecule has 22 heavy (non-hydrogen) atoms. The molecule has 1 aliphatic heterocycles. The van der Waals surface area contributed by atoms with E-state index in [0.29, 0.717) is 5.82 Å². The van der Waals surface area contributed by atoms with Crippen LogP contribution in [0.1, 0.15) is 5.69 Å². The fourth-order valence-electron chi connectivity index (χ4n) is 2.45. The predicted octanol–water partition coefficient (Wildman–Crippen LogP) is 0.902. The summed E-state index contributed by atoms with van der Waals surface area (Å²) in [5.74, 6) is 0.177. The highest BCUT2D eigenvalue weighted by Crippen LogP contribution is 2.21. The van der Waals surface area contributed by atoms with Crippen LogP contribution in [0.25, 0.3) is 5.69 Å². The van der Waals surface area contributed by atoms with E-state index in [0.717, 1.165) is 16.3 Å². The molecule has 0 spiro atoms. The highest BCUT2D eigenvalue weighted by atomic mass is 16.4. The van der Waals surface area contributed by atoms with Gasteiger partial charge in [-0.3, -0.25) is 14.6 Å². The standard InChI is InChI=1S/C14H15N5O3/c1-10-13(15-16-19(10)11-5-3-2-4-6-11)18-8-7-17(14(21)22)9-12(18)20/h2-6H,7-9H2,1H3,(H,21,22). The Hall–Kier alpha value is -2.90. The van der Waals surface area contributed by atoms with Gasteiger partial charge in [-0.05, 0) is 19.1 Å². The summed E-state index contributed by atoms with van der Waals surface area (Å²) in [5, 5.41) is 17.1. The molecule has 0 aliphatic carbocycles. The fourth-order valence-corrected chi connectivity index (χ4v) is 2.45. The zero-order chi connectivity index (χ0) is 15.7. The number of carbonyl (C=O) groups excluding carboxylic acids is 1. The minimum atomic E-state index is -1.09. The number of hydrogen-bond acceptors (Lipinski definition) is 4. The number of amides is 2. The maximum atomic E-state index is 12.2. The van der Waals surface area contributed by atoms with Crippen LogP contribution in [0.5, 0.6) is 0 Å². The van der Waals surface area contributed by atoms with Crippen molar-refractivity contribution in [1.29, 1.82) is 0 Å². The van der Waals surface area contributed by atoms with E-state index in [9.17, 15) is 9.59 Å². The average molecular weight is 301 g/mol. The van der Waals surface area contributed by atoms with Crippen LogP contribution < -0.4 is 4.90 Å². The monoisotopic (exact) mass is 301 g/mol. The summed E-state index contributed by atoms with van der Waals surface area (Å²) < 4.78 is 1.66. The second-order valence-corrected chi connectivity index (χ2v) is 5.00. The number of para-hydroxylation sites is 1. The molecule has 2 amide bonds. The van der Waals surface area contributed by atoms with Crippen molar-refractivity contribution in [2.45, 2.75) is 6.92 Å². The van der Waals surface area contributed by atoms with Gasteiger partial charge in [-0.1, -0.05) is 23.4 Å². The maximum Gasteiger partial charge on any atom is 0.407 e. The highest BCUT2D eigenvalue weighted by Gasteiger charge is 2.30. The Bertz CT molecular complexity index is 713. The number of anilines is 1. The van der Waals surface area contributed by atoms with Crippen molar-refractivity contribution in [3.05, 3.63) is 36.0 Å². The topological polar surface area (TPSA) is 91.6 Å². The van der Waals surface area contributed by atoms with Gasteiger partial charge in [0.2, 0.25) is 5.91 Å². The van der Waals surface area contributed by atoms with Crippen LogP contribution in [-0.4, -0.2) is 56.6 Å². The zero-order valence-corrected chi connectivity index (χ0v) is 12.0. The van der Waals surface area contributed by atoms with Crippen LogP contribution in [0.2, 0.25) is 0 Å². The SMILES string of the molecule is Cc1c(N2CCN(C(=O)O)CC2=O)nnn1-c1ccccc1. The van der Waals surface area contributed by atoms with Gasteiger partial charge in [0.05, 0.1) is 11.4 Å². The second kappa shape index (κ2) is 5.47. The molecule has 0 unspecified atom stereocenters. The maximum absolute atomic E-state index is 12.2. The first-order valence-corrected chi connectivity index (χ1v) is 6.84. The third-order valence-electron chi connectivity index (χ3n) is 3.62. The molecule has 3 rings (SSSR count). The molecular weight excluding hydrogens is 286 g/mol. The van der Waals surface area contributed by atoms with Crippen LogP contribution >= 0.6 is 0 Å². The lowest BCUT2D eigenvalue weighted by Gasteiger charge is -2.31. The quantitative estimate of drug-likeness (QED) is 0.890. The summed E-state index contributed by atoms with van der Waals surface area (Å²) in [5.41, 5.74) is 1.60. The summed E-state index contributed by atoms with van der Waals surface area (Å²) in [6.45, 7) is 2.21. The molecule has 1 aliphatic rings. The largest absolute Gasteiger partial charge is 0.465 e. The van der Waals surface area contributed by atoms with E-state index in [1.807, 2.05) is 37.3 Å². The fraction of sp³-hybridized carbons (Fsp3) is 0.286. The Balaban J connectivity index is 1.87. The molecule has 1 aromatic heterocycles. The van der Waals surface area contributed by atoms with Gasteiger partial charge in [0.1, 0.15) is 6.54 Å².